The summed E-state index contributed by atoms with van der Waals surface area (Å²) in [5.74, 6) is -0.893. The number of alkyl halides is 3. The van der Waals surface area contributed by atoms with E-state index >= 15 is 0 Å². The van der Waals surface area contributed by atoms with Crippen LogP contribution in [0, 0.1) is 5.82 Å². The number of piperazine rings is 1. The van der Waals surface area contributed by atoms with Gasteiger partial charge < -0.3 is 5.32 Å². The van der Waals surface area contributed by atoms with E-state index in [9.17, 15) is 30.8 Å². The Morgan fingerprint density at radius 1 is 1.09 bits per heavy atom. The van der Waals surface area contributed by atoms with Crippen molar-refractivity contribution in [1.82, 2.24) is 9.21 Å². The fraction of sp³-hybridized carbons (Fsp3) is 0.350. The van der Waals surface area contributed by atoms with Gasteiger partial charge in [-0.05, 0) is 43.3 Å². The minimum atomic E-state index is -4.71. The molecule has 1 saturated heterocycles. The minimum Gasteiger partial charge on any atom is -0.325 e. The van der Waals surface area contributed by atoms with Crippen molar-refractivity contribution >= 4 is 33.2 Å². The second kappa shape index (κ2) is 9.34. The third-order valence-electron chi connectivity index (χ3n) is 5.17. The van der Waals surface area contributed by atoms with Gasteiger partial charge in [-0.15, -0.1) is 0 Å². The number of halogens is 5. The molecule has 0 bridgehead atoms. The van der Waals surface area contributed by atoms with E-state index in [1.165, 1.54) is 24.3 Å². The summed E-state index contributed by atoms with van der Waals surface area (Å²) < 4.78 is 79.2. The van der Waals surface area contributed by atoms with Gasteiger partial charge in [0.2, 0.25) is 15.9 Å². The van der Waals surface area contributed by atoms with Crippen LogP contribution in [0.4, 0.5) is 23.2 Å². The summed E-state index contributed by atoms with van der Waals surface area (Å²) in [4.78, 5) is 13.6. The number of nitrogens with one attached hydrogen (secondary N) is 1. The lowest BCUT2D eigenvalue weighted by Crippen LogP contribution is -2.53. The summed E-state index contributed by atoms with van der Waals surface area (Å²) in [6.45, 7) is 1.91. The SMILES string of the molecule is CC(C(=O)Nc1cccc(F)c1)N1CCN(S(=O)(=O)c2cc(C(F)(F)F)ccc2Cl)CC1. The average molecular weight is 494 g/mol. The van der Waals surface area contributed by atoms with Crippen molar-refractivity contribution in [3.8, 4) is 0 Å². The van der Waals surface area contributed by atoms with Crippen LogP contribution in [0.1, 0.15) is 12.5 Å². The normalized spacial score (nSPS) is 17.2. The van der Waals surface area contributed by atoms with Gasteiger partial charge in [-0.1, -0.05) is 17.7 Å². The number of hydrogen-bond acceptors (Lipinski definition) is 4. The zero-order valence-corrected chi connectivity index (χ0v) is 18.4. The van der Waals surface area contributed by atoms with E-state index in [2.05, 4.69) is 5.32 Å². The minimum absolute atomic E-state index is 0.0352. The third-order valence-corrected chi connectivity index (χ3v) is 7.55. The number of carbonyl (C=O) groups excluding carboxylic acids is 1. The number of hydrogen-bond donors (Lipinski definition) is 1. The molecule has 2 aromatic carbocycles. The van der Waals surface area contributed by atoms with Crippen LogP contribution in [-0.2, 0) is 21.0 Å². The van der Waals surface area contributed by atoms with E-state index < -0.39 is 44.4 Å². The van der Waals surface area contributed by atoms with Crippen molar-refractivity contribution < 1.29 is 30.8 Å². The zero-order valence-electron chi connectivity index (χ0n) is 16.9. The first kappa shape index (κ1) is 24.4. The van der Waals surface area contributed by atoms with Crippen LogP contribution in [0.5, 0.6) is 0 Å². The Kier molecular flexibility index (Phi) is 7.13. The third kappa shape index (κ3) is 5.40. The van der Waals surface area contributed by atoms with Gasteiger partial charge in [-0.25, -0.2) is 12.8 Å². The molecule has 174 valence electrons. The van der Waals surface area contributed by atoms with Gasteiger partial charge in [-0.3, -0.25) is 9.69 Å². The van der Waals surface area contributed by atoms with Crippen molar-refractivity contribution in [2.75, 3.05) is 31.5 Å². The lowest BCUT2D eigenvalue weighted by molar-refractivity contribution is -0.137. The average Bonchev–Trinajstić information content (AvgIpc) is 2.72. The summed E-state index contributed by atoms with van der Waals surface area (Å²) in [6, 6.07) is 6.93. The molecule has 3 rings (SSSR count). The van der Waals surface area contributed by atoms with Gasteiger partial charge in [0.15, 0.2) is 0 Å². The van der Waals surface area contributed by atoms with E-state index in [0.29, 0.717) is 11.8 Å². The molecule has 1 heterocycles. The van der Waals surface area contributed by atoms with Crippen molar-refractivity contribution in [3.05, 3.63) is 58.9 Å². The van der Waals surface area contributed by atoms with Crippen LogP contribution in [0.15, 0.2) is 47.4 Å². The smallest absolute Gasteiger partial charge is 0.325 e. The molecule has 1 fully saturated rings. The lowest BCUT2D eigenvalue weighted by Gasteiger charge is -2.36. The van der Waals surface area contributed by atoms with Gasteiger partial charge >= 0.3 is 6.18 Å². The molecule has 12 heteroatoms. The number of benzene rings is 2. The maximum absolute atomic E-state index is 13.3. The van der Waals surface area contributed by atoms with Crippen molar-refractivity contribution in [3.63, 3.8) is 0 Å². The molecule has 32 heavy (non-hydrogen) atoms. The van der Waals surface area contributed by atoms with Crippen LogP contribution in [0.25, 0.3) is 0 Å². The molecule has 0 saturated carbocycles. The number of carbonyl (C=O) groups is 1. The van der Waals surface area contributed by atoms with Crippen LogP contribution in [0.2, 0.25) is 5.02 Å². The van der Waals surface area contributed by atoms with E-state index in [1.807, 2.05) is 0 Å². The second-order valence-corrected chi connectivity index (χ2v) is 9.57. The standard InChI is InChI=1S/C20H20ClF4N3O3S/c1-13(19(29)26-16-4-2-3-15(22)12-16)27-7-9-28(10-8-27)32(30,31)18-11-14(20(23,24)25)5-6-17(18)21/h2-6,11-13H,7-10H2,1H3,(H,26,29). The fourth-order valence-corrected chi connectivity index (χ4v) is 5.25. The van der Waals surface area contributed by atoms with Gasteiger partial charge in [0, 0.05) is 31.9 Å². The predicted octanol–water partition coefficient (Wildman–Crippen LogP) is 3.83. The maximum Gasteiger partial charge on any atom is 0.416 e. The summed E-state index contributed by atoms with van der Waals surface area (Å²) in [5, 5.41) is 2.30. The van der Waals surface area contributed by atoms with Crippen LogP contribution in [0.3, 0.4) is 0 Å². The Labute approximate surface area is 187 Å². The number of rotatable bonds is 5. The lowest BCUT2D eigenvalue weighted by atomic mass is 10.2. The van der Waals surface area contributed by atoms with E-state index in [0.717, 1.165) is 16.4 Å². The first-order chi connectivity index (χ1) is 14.9. The number of anilines is 1. The summed E-state index contributed by atoms with van der Waals surface area (Å²) in [5.41, 5.74) is -0.816. The molecule has 6 nitrogen and oxygen atoms in total. The molecule has 1 aliphatic heterocycles. The molecule has 1 aliphatic rings. The molecule has 1 N–H and O–H groups in total. The Bertz CT molecular complexity index is 1100. The van der Waals surface area contributed by atoms with Gasteiger partial charge in [0.25, 0.3) is 0 Å². The molecule has 0 aromatic heterocycles. The molecule has 2 aromatic rings. The van der Waals surface area contributed by atoms with E-state index in [4.69, 9.17) is 11.6 Å². The number of nitrogens with zero attached hydrogens (tertiary/aromatic N) is 2. The van der Waals surface area contributed by atoms with Gasteiger partial charge in [0.05, 0.1) is 16.6 Å². The first-order valence-electron chi connectivity index (χ1n) is 9.57. The number of sulfonamides is 1. The van der Waals surface area contributed by atoms with Crippen LogP contribution in [-0.4, -0.2) is 55.8 Å². The topological polar surface area (TPSA) is 69.7 Å². The molecule has 1 atom stereocenters. The predicted molar refractivity (Wildman–Crippen MR) is 111 cm³/mol. The summed E-state index contributed by atoms with van der Waals surface area (Å²) in [6.07, 6.45) is -4.71. The monoisotopic (exact) mass is 493 g/mol. The molecular weight excluding hydrogens is 474 g/mol. The molecule has 1 unspecified atom stereocenters. The van der Waals surface area contributed by atoms with E-state index in [1.54, 1.807) is 11.8 Å². The molecular formula is C20H20ClF4N3O3S. The fourth-order valence-electron chi connectivity index (χ4n) is 3.33. The highest BCUT2D eigenvalue weighted by Gasteiger charge is 2.36. The summed E-state index contributed by atoms with van der Waals surface area (Å²) in [7, 11) is -4.27. The van der Waals surface area contributed by atoms with Crippen LogP contribution < -0.4 is 5.32 Å². The van der Waals surface area contributed by atoms with Crippen molar-refractivity contribution in [2.45, 2.75) is 24.0 Å². The highest BCUT2D eigenvalue weighted by Crippen LogP contribution is 2.34. The molecule has 0 aliphatic carbocycles. The van der Waals surface area contributed by atoms with Crippen molar-refractivity contribution in [1.29, 1.82) is 0 Å². The number of amides is 1. The van der Waals surface area contributed by atoms with Gasteiger partial charge in [0.1, 0.15) is 10.7 Å². The Balaban J connectivity index is 1.68. The van der Waals surface area contributed by atoms with Gasteiger partial charge in [-0.2, -0.15) is 17.5 Å². The van der Waals surface area contributed by atoms with E-state index in [-0.39, 0.29) is 31.2 Å². The molecule has 1 amide bonds. The zero-order chi connectivity index (χ0) is 23.7. The second-order valence-electron chi connectivity index (χ2n) is 7.26. The molecule has 0 spiro atoms. The first-order valence-corrected chi connectivity index (χ1v) is 11.4. The highest BCUT2D eigenvalue weighted by atomic mass is 35.5. The largest absolute Gasteiger partial charge is 0.416 e. The Hall–Kier alpha value is -2.21. The Morgan fingerprint density at radius 3 is 2.34 bits per heavy atom. The maximum atomic E-state index is 13.3. The van der Waals surface area contributed by atoms with Crippen LogP contribution >= 0.6 is 11.6 Å². The Morgan fingerprint density at radius 2 is 1.75 bits per heavy atom. The highest BCUT2D eigenvalue weighted by molar-refractivity contribution is 7.89. The quantitative estimate of drug-likeness (QED) is 0.643. The van der Waals surface area contributed by atoms with Crippen molar-refractivity contribution in [2.24, 2.45) is 0 Å². The summed E-state index contributed by atoms with van der Waals surface area (Å²) >= 11 is 5.90. The molecule has 0 radical (unpaired) electrons.